The smallest absolute Gasteiger partial charge is 0.322 e. The van der Waals surface area contributed by atoms with Gasteiger partial charge in [0, 0.05) is 23.8 Å². The van der Waals surface area contributed by atoms with E-state index in [1.54, 1.807) is 23.1 Å². The van der Waals surface area contributed by atoms with Crippen molar-refractivity contribution in [2.45, 2.75) is 31.2 Å². The third-order valence-electron chi connectivity index (χ3n) is 3.88. The normalized spacial score (nSPS) is 22.1. The summed E-state index contributed by atoms with van der Waals surface area (Å²) in [5.74, 6) is 0.194. The van der Waals surface area contributed by atoms with Gasteiger partial charge in [0.15, 0.2) is 0 Å². The molecular formula is C13H16N2O2. The fraction of sp³-hybridized carbons (Fsp3) is 0.462. The monoisotopic (exact) mass is 232 g/mol. The number of phenols is 1. The Morgan fingerprint density at radius 1 is 1.29 bits per heavy atom. The van der Waals surface area contributed by atoms with Crippen LogP contribution >= 0.6 is 0 Å². The maximum atomic E-state index is 12.0. The van der Waals surface area contributed by atoms with Crippen LogP contribution < -0.4 is 10.2 Å². The van der Waals surface area contributed by atoms with Gasteiger partial charge in [0.1, 0.15) is 5.75 Å². The molecule has 1 spiro atoms. The van der Waals surface area contributed by atoms with Crippen LogP contribution in [-0.2, 0) is 0 Å². The Balaban J connectivity index is 1.79. The van der Waals surface area contributed by atoms with E-state index in [4.69, 9.17) is 0 Å². The van der Waals surface area contributed by atoms with Crippen molar-refractivity contribution in [2.75, 3.05) is 11.4 Å². The number of rotatable bonds is 1. The molecule has 1 aromatic rings. The highest BCUT2D eigenvalue weighted by Gasteiger charge is 2.42. The van der Waals surface area contributed by atoms with Gasteiger partial charge in [-0.1, -0.05) is 6.07 Å². The lowest BCUT2D eigenvalue weighted by atomic mass is 9.73. The highest BCUT2D eigenvalue weighted by molar-refractivity contribution is 5.93. The van der Waals surface area contributed by atoms with Gasteiger partial charge in [-0.05, 0) is 37.8 Å². The first kappa shape index (κ1) is 10.4. The van der Waals surface area contributed by atoms with Crippen LogP contribution in [-0.4, -0.2) is 23.2 Å². The summed E-state index contributed by atoms with van der Waals surface area (Å²) in [5, 5.41) is 12.5. The van der Waals surface area contributed by atoms with E-state index in [9.17, 15) is 9.90 Å². The van der Waals surface area contributed by atoms with Gasteiger partial charge in [0.2, 0.25) is 0 Å². The Morgan fingerprint density at radius 3 is 2.71 bits per heavy atom. The van der Waals surface area contributed by atoms with Crippen molar-refractivity contribution in [3.63, 3.8) is 0 Å². The molecular weight excluding hydrogens is 216 g/mol. The SMILES string of the molecule is O=C1NC2(CCC2)CCN1c1cccc(O)c1. The zero-order chi connectivity index (χ0) is 11.9. The van der Waals surface area contributed by atoms with E-state index in [2.05, 4.69) is 5.32 Å². The van der Waals surface area contributed by atoms with Gasteiger partial charge in [-0.3, -0.25) is 4.90 Å². The molecule has 0 unspecified atom stereocenters. The number of nitrogens with one attached hydrogen (secondary N) is 1. The third-order valence-corrected chi connectivity index (χ3v) is 3.88. The molecule has 90 valence electrons. The molecule has 2 N–H and O–H groups in total. The van der Waals surface area contributed by atoms with Crippen LogP contribution in [0.25, 0.3) is 0 Å². The zero-order valence-electron chi connectivity index (χ0n) is 9.65. The lowest BCUT2D eigenvalue weighted by molar-refractivity contribution is 0.157. The number of phenolic OH excluding ortho intramolecular Hbond substituents is 1. The highest BCUT2D eigenvalue weighted by Crippen LogP contribution is 2.38. The molecule has 1 aliphatic heterocycles. The molecule has 3 rings (SSSR count). The number of nitrogens with zero attached hydrogens (tertiary/aromatic N) is 1. The van der Waals surface area contributed by atoms with E-state index in [0.717, 1.165) is 31.5 Å². The molecule has 4 heteroatoms. The van der Waals surface area contributed by atoms with Gasteiger partial charge in [-0.25, -0.2) is 4.79 Å². The second-order valence-corrected chi connectivity index (χ2v) is 4.99. The summed E-state index contributed by atoms with van der Waals surface area (Å²) in [6.07, 6.45) is 4.42. The predicted octanol–water partition coefficient (Wildman–Crippen LogP) is 2.23. The summed E-state index contributed by atoms with van der Waals surface area (Å²) >= 11 is 0. The molecule has 4 nitrogen and oxygen atoms in total. The molecule has 0 bridgehead atoms. The van der Waals surface area contributed by atoms with Gasteiger partial charge in [0.25, 0.3) is 0 Å². The van der Waals surface area contributed by atoms with Crippen LogP contribution in [0.1, 0.15) is 25.7 Å². The molecule has 1 saturated carbocycles. The molecule has 1 saturated heterocycles. The fourth-order valence-corrected chi connectivity index (χ4v) is 2.67. The second-order valence-electron chi connectivity index (χ2n) is 4.99. The van der Waals surface area contributed by atoms with E-state index in [1.807, 2.05) is 6.07 Å². The van der Waals surface area contributed by atoms with Gasteiger partial charge >= 0.3 is 6.03 Å². The molecule has 2 fully saturated rings. The van der Waals surface area contributed by atoms with Crippen LogP contribution in [0.2, 0.25) is 0 Å². The first-order valence-electron chi connectivity index (χ1n) is 6.07. The number of benzene rings is 1. The molecule has 0 atom stereocenters. The minimum atomic E-state index is -0.0402. The van der Waals surface area contributed by atoms with Crippen LogP contribution in [0.15, 0.2) is 24.3 Å². The lowest BCUT2D eigenvalue weighted by Crippen LogP contribution is -2.63. The summed E-state index contributed by atoms with van der Waals surface area (Å²) in [6.45, 7) is 0.731. The number of hydrogen-bond acceptors (Lipinski definition) is 2. The maximum Gasteiger partial charge on any atom is 0.322 e. The average molecular weight is 232 g/mol. The van der Waals surface area contributed by atoms with Gasteiger partial charge in [-0.15, -0.1) is 0 Å². The van der Waals surface area contributed by atoms with Crippen LogP contribution in [0.4, 0.5) is 10.5 Å². The van der Waals surface area contributed by atoms with Crippen molar-refractivity contribution >= 4 is 11.7 Å². The average Bonchev–Trinajstić information content (AvgIpc) is 2.26. The Hall–Kier alpha value is -1.71. The number of amides is 2. The number of urea groups is 1. The van der Waals surface area contributed by atoms with Crippen molar-refractivity contribution in [3.05, 3.63) is 24.3 Å². The second kappa shape index (κ2) is 3.65. The first-order chi connectivity index (χ1) is 8.19. The lowest BCUT2D eigenvalue weighted by Gasteiger charge is -2.48. The highest BCUT2D eigenvalue weighted by atomic mass is 16.3. The quantitative estimate of drug-likeness (QED) is 0.780. The van der Waals surface area contributed by atoms with Gasteiger partial charge < -0.3 is 10.4 Å². The number of carbonyl (C=O) groups is 1. The summed E-state index contributed by atoms with van der Waals surface area (Å²) < 4.78 is 0. The van der Waals surface area contributed by atoms with E-state index in [1.165, 1.54) is 6.42 Å². The predicted molar refractivity (Wildman–Crippen MR) is 65.2 cm³/mol. The Kier molecular flexibility index (Phi) is 2.24. The summed E-state index contributed by atoms with van der Waals surface area (Å²) in [6, 6.07) is 6.79. The van der Waals surface area contributed by atoms with Crippen molar-refractivity contribution in [3.8, 4) is 5.75 Å². The minimum absolute atomic E-state index is 0.0402. The van der Waals surface area contributed by atoms with Crippen molar-refractivity contribution in [1.82, 2.24) is 5.32 Å². The number of aromatic hydroxyl groups is 1. The molecule has 2 aliphatic rings. The number of anilines is 1. The largest absolute Gasteiger partial charge is 0.508 e. The van der Waals surface area contributed by atoms with E-state index >= 15 is 0 Å². The minimum Gasteiger partial charge on any atom is -0.508 e. The molecule has 2 amide bonds. The van der Waals surface area contributed by atoms with Crippen LogP contribution in [0.3, 0.4) is 0 Å². The van der Waals surface area contributed by atoms with Gasteiger partial charge in [0.05, 0.1) is 0 Å². The van der Waals surface area contributed by atoms with E-state index in [-0.39, 0.29) is 17.3 Å². The standard InChI is InChI=1S/C13H16N2O2/c16-11-4-1-3-10(9-11)15-8-7-13(5-2-6-13)14-12(15)17/h1,3-4,9,16H,2,5-8H2,(H,14,17). The van der Waals surface area contributed by atoms with E-state index < -0.39 is 0 Å². The summed E-state index contributed by atoms with van der Waals surface area (Å²) in [7, 11) is 0. The first-order valence-corrected chi connectivity index (χ1v) is 6.07. The molecule has 1 aromatic carbocycles. The molecule has 1 aliphatic carbocycles. The number of hydrogen-bond donors (Lipinski definition) is 2. The maximum absolute atomic E-state index is 12.0. The van der Waals surface area contributed by atoms with Gasteiger partial charge in [-0.2, -0.15) is 0 Å². The van der Waals surface area contributed by atoms with Crippen molar-refractivity contribution in [1.29, 1.82) is 0 Å². The van der Waals surface area contributed by atoms with Crippen LogP contribution in [0, 0.1) is 0 Å². The number of carbonyl (C=O) groups excluding carboxylic acids is 1. The topological polar surface area (TPSA) is 52.6 Å². The third kappa shape index (κ3) is 1.73. The zero-order valence-corrected chi connectivity index (χ0v) is 9.65. The summed E-state index contributed by atoms with van der Waals surface area (Å²) in [4.78, 5) is 13.7. The Bertz CT molecular complexity index is 454. The van der Waals surface area contributed by atoms with E-state index in [0.29, 0.717) is 0 Å². The van der Waals surface area contributed by atoms with Crippen molar-refractivity contribution < 1.29 is 9.90 Å². The summed E-state index contributed by atoms with van der Waals surface area (Å²) in [5.41, 5.74) is 0.835. The molecule has 17 heavy (non-hydrogen) atoms. The molecule has 0 aromatic heterocycles. The Morgan fingerprint density at radius 2 is 2.12 bits per heavy atom. The Labute approximate surface area is 100 Å². The molecule has 1 heterocycles. The fourth-order valence-electron chi connectivity index (χ4n) is 2.67. The van der Waals surface area contributed by atoms with Crippen LogP contribution in [0.5, 0.6) is 5.75 Å². The van der Waals surface area contributed by atoms with Crippen molar-refractivity contribution in [2.24, 2.45) is 0 Å². The molecule has 0 radical (unpaired) electrons.